The Bertz CT molecular complexity index is 1490. The molecule has 4 heterocycles. The average molecular weight is 580 g/mol. The van der Waals surface area contributed by atoms with E-state index in [-0.39, 0.29) is 35.8 Å². The van der Waals surface area contributed by atoms with Gasteiger partial charge < -0.3 is 14.5 Å². The fourth-order valence-corrected chi connectivity index (χ4v) is 7.33. The molecule has 0 N–H and O–H groups in total. The summed E-state index contributed by atoms with van der Waals surface area (Å²) in [7, 11) is -0.463. The highest BCUT2D eigenvalue weighted by Gasteiger charge is 2.46. The summed E-state index contributed by atoms with van der Waals surface area (Å²) in [5.41, 5.74) is 3.91. The van der Waals surface area contributed by atoms with Crippen LogP contribution in [0.15, 0.2) is 36.5 Å². The van der Waals surface area contributed by atoms with Crippen LogP contribution in [0, 0.1) is 12.8 Å². The predicted molar refractivity (Wildman–Crippen MR) is 143 cm³/mol. The molecule has 1 amide bonds. The average Bonchev–Trinajstić information content (AvgIpc) is 3.28. The lowest BCUT2D eigenvalue weighted by Crippen LogP contribution is -2.44. The smallest absolute Gasteiger partial charge is 0.384 e. The summed E-state index contributed by atoms with van der Waals surface area (Å²) in [4.78, 5) is 20.3. The Hall–Kier alpha value is -3.19. The van der Waals surface area contributed by atoms with Crippen molar-refractivity contribution in [2.45, 2.75) is 44.3 Å². The molecule has 216 valence electrons. The molecule has 1 aromatic carbocycles. The van der Waals surface area contributed by atoms with E-state index in [0.29, 0.717) is 29.4 Å². The van der Waals surface area contributed by atoms with Crippen LogP contribution in [0.2, 0.25) is 0 Å². The maximum atomic E-state index is 14.3. The fourth-order valence-electron chi connectivity index (χ4n) is 5.84. The van der Waals surface area contributed by atoms with Crippen LogP contribution in [0.5, 0.6) is 0 Å². The van der Waals surface area contributed by atoms with E-state index in [1.165, 1.54) is 12.1 Å². The van der Waals surface area contributed by atoms with Crippen LogP contribution in [-0.2, 0) is 19.4 Å². The zero-order chi connectivity index (χ0) is 28.8. The van der Waals surface area contributed by atoms with Crippen molar-refractivity contribution >= 4 is 32.8 Å². The SMILES string of the molecule is COC[C@H]1CCN(c2ccc([C@H](N(C)C(=O)C3CCS(=O)(=O)CC3)C(F)(F)F)cc2)c2cnc3cc(C)nn3c21. The first kappa shape index (κ1) is 28.3. The Labute approximate surface area is 230 Å². The van der Waals surface area contributed by atoms with Gasteiger partial charge in [-0.15, -0.1) is 0 Å². The van der Waals surface area contributed by atoms with Crippen LogP contribution in [-0.4, -0.2) is 78.8 Å². The Balaban J connectivity index is 1.44. The molecule has 2 atom stereocenters. The molecule has 0 unspecified atom stereocenters. The van der Waals surface area contributed by atoms with Gasteiger partial charge in [0.1, 0.15) is 9.84 Å². The van der Waals surface area contributed by atoms with Crippen LogP contribution < -0.4 is 4.90 Å². The molecule has 0 aliphatic carbocycles. The lowest BCUT2D eigenvalue weighted by molar-refractivity contribution is -0.190. The van der Waals surface area contributed by atoms with Gasteiger partial charge in [0.05, 0.1) is 41.4 Å². The number of aromatic nitrogens is 3. The number of nitrogens with zero attached hydrogens (tertiary/aromatic N) is 5. The summed E-state index contributed by atoms with van der Waals surface area (Å²) in [6, 6.07) is 5.78. The molecule has 2 aliphatic rings. The molecule has 1 saturated heterocycles. The number of halogens is 3. The fraction of sp³-hybridized carbons (Fsp3) is 0.519. The molecule has 0 bridgehead atoms. The van der Waals surface area contributed by atoms with Gasteiger partial charge in [-0.2, -0.15) is 18.3 Å². The molecule has 9 nitrogen and oxygen atoms in total. The second-order valence-corrected chi connectivity index (χ2v) is 12.9. The minimum absolute atomic E-state index is 0.0323. The Morgan fingerprint density at radius 1 is 1.18 bits per heavy atom. The van der Waals surface area contributed by atoms with E-state index < -0.39 is 33.9 Å². The summed E-state index contributed by atoms with van der Waals surface area (Å²) in [5, 5.41) is 4.61. The number of methoxy groups -OCH3 is 1. The third-order valence-corrected chi connectivity index (χ3v) is 9.55. The molecule has 40 heavy (non-hydrogen) atoms. The van der Waals surface area contributed by atoms with Gasteiger partial charge in [0.25, 0.3) is 0 Å². The van der Waals surface area contributed by atoms with Gasteiger partial charge in [-0.3, -0.25) is 4.79 Å². The second-order valence-electron chi connectivity index (χ2n) is 10.6. The number of anilines is 2. The summed E-state index contributed by atoms with van der Waals surface area (Å²) in [5.74, 6) is -1.75. The highest BCUT2D eigenvalue weighted by molar-refractivity contribution is 7.91. The van der Waals surface area contributed by atoms with E-state index in [1.807, 2.05) is 22.4 Å². The maximum absolute atomic E-state index is 14.3. The molecule has 3 aromatic rings. The number of hydrogen-bond acceptors (Lipinski definition) is 7. The topological polar surface area (TPSA) is 97.1 Å². The quantitative estimate of drug-likeness (QED) is 0.432. The number of amides is 1. The van der Waals surface area contributed by atoms with Gasteiger partial charge in [0.15, 0.2) is 11.7 Å². The summed E-state index contributed by atoms with van der Waals surface area (Å²) >= 11 is 0. The van der Waals surface area contributed by atoms with E-state index in [1.54, 1.807) is 25.4 Å². The third kappa shape index (κ3) is 5.40. The zero-order valence-electron chi connectivity index (χ0n) is 22.6. The number of aryl methyl sites for hydroxylation is 1. The van der Waals surface area contributed by atoms with Crippen molar-refractivity contribution in [3.8, 4) is 0 Å². The van der Waals surface area contributed by atoms with Crippen molar-refractivity contribution in [2.75, 3.05) is 43.7 Å². The van der Waals surface area contributed by atoms with Crippen molar-refractivity contribution < 1.29 is 31.1 Å². The first-order valence-electron chi connectivity index (χ1n) is 13.1. The molecule has 1 fully saturated rings. The molecule has 0 saturated carbocycles. The molecule has 2 aliphatic heterocycles. The van der Waals surface area contributed by atoms with Gasteiger partial charge in [-0.1, -0.05) is 12.1 Å². The molecular formula is C27H32F3N5O4S. The van der Waals surface area contributed by atoms with Crippen molar-refractivity contribution in [1.82, 2.24) is 19.5 Å². The highest BCUT2D eigenvalue weighted by Crippen LogP contribution is 2.42. The van der Waals surface area contributed by atoms with E-state index in [4.69, 9.17) is 4.74 Å². The predicted octanol–water partition coefficient (Wildman–Crippen LogP) is 4.20. The number of carbonyl (C=O) groups excluding carboxylic acids is 1. The molecule has 0 spiro atoms. The Kier molecular flexibility index (Phi) is 7.55. The monoisotopic (exact) mass is 579 g/mol. The minimum atomic E-state index is -4.72. The van der Waals surface area contributed by atoms with E-state index >= 15 is 0 Å². The van der Waals surface area contributed by atoms with E-state index in [9.17, 15) is 26.4 Å². The van der Waals surface area contributed by atoms with Crippen molar-refractivity contribution in [3.63, 3.8) is 0 Å². The summed E-state index contributed by atoms with van der Waals surface area (Å²) < 4.78 is 73.6. The number of fused-ring (bicyclic) bond motifs is 3. The van der Waals surface area contributed by atoms with Crippen molar-refractivity contribution in [2.24, 2.45) is 5.92 Å². The first-order chi connectivity index (χ1) is 18.9. The largest absolute Gasteiger partial charge is 0.413 e. The normalized spacial score (nSPS) is 20.4. The van der Waals surface area contributed by atoms with Crippen LogP contribution in [0.25, 0.3) is 5.65 Å². The van der Waals surface area contributed by atoms with Crippen molar-refractivity contribution in [3.05, 3.63) is 53.5 Å². The third-order valence-electron chi connectivity index (χ3n) is 7.84. The number of ether oxygens (including phenoxy) is 1. The van der Waals surface area contributed by atoms with E-state index in [2.05, 4.69) is 10.1 Å². The summed E-state index contributed by atoms with van der Waals surface area (Å²) in [6.07, 6.45) is -2.14. The number of hydrogen-bond donors (Lipinski definition) is 0. The van der Waals surface area contributed by atoms with Crippen LogP contribution in [0.1, 0.15) is 48.2 Å². The minimum Gasteiger partial charge on any atom is -0.384 e. The van der Waals surface area contributed by atoms with Gasteiger partial charge in [0.2, 0.25) is 5.91 Å². The molecule has 13 heteroatoms. The number of alkyl halides is 3. The summed E-state index contributed by atoms with van der Waals surface area (Å²) in [6.45, 7) is 3.00. The lowest BCUT2D eigenvalue weighted by atomic mass is 9.94. The zero-order valence-corrected chi connectivity index (χ0v) is 23.4. The second kappa shape index (κ2) is 10.7. The lowest BCUT2D eigenvalue weighted by Gasteiger charge is -2.36. The molecule has 5 rings (SSSR count). The standard InChI is InChI=1S/C27H32F3N5O4S/c1-17-14-23-31-15-22-24(35(23)32-17)20(16-39-3)8-11-34(22)21-6-4-18(5-7-21)25(27(28,29)30)33(2)26(36)19-9-12-40(37,38)13-10-19/h4-7,14-15,19-20,25H,8-13,16H2,1-3H3/t20-,25+/m1/s1. The molecule has 0 radical (unpaired) electrons. The highest BCUT2D eigenvalue weighted by atomic mass is 32.2. The van der Waals surface area contributed by atoms with Gasteiger partial charge in [0, 0.05) is 44.3 Å². The molecule has 2 aromatic heterocycles. The van der Waals surface area contributed by atoms with Gasteiger partial charge in [-0.25, -0.2) is 17.9 Å². The Morgan fingerprint density at radius 3 is 2.48 bits per heavy atom. The molecular weight excluding hydrogens is 547 g/mol. The van der Waals surface area contributed by atoms with Gasteiger partial charge >= 0.3 is 6.18 Å². The number of rotatable bonds is 6. The van der Waals surface area contributed by atoms with Gasteiger partial charge in [-0.05, 0) is 43.9 Å². The van der Waals surface area contributed by atoms with Crippen LogP contribution in [0.3, 0.4) is 0 Å². The Morgan fingerprint density at radius 2 is 1.85 bits per heavy atom. The van der Waals surface area contributed by atoms with Crippen LogP contribution >= 0.6 is 0 Å². The maximum Gasteiger partial charge on any atom is 0.413 e. The number of carbonyl (C=O) groups is 1. The first-order valence-corrected chi connectivity index (χ1v) is 15.0. The number of sulfone groups is 1. The number of benzene rings is 1. The van der Waals surface area contributed by atoms with E-state index in [0.717, 1.165) is 30.5 Å². The van der Waals surface area contributed by atoms with Crippen LogP contribution in [0.4, 0.5) is 24.5 Å². The van der Waals surface area contributed by atoms with Crippen molar-refractivity contribution in [1.29, 1.82) is 0 Å².